The zero-order chi connectivity index (χ0) is 26.1. The minimum absolute atomic E-state index is 0.110. The Bertz CT molecular complexity index is 888. The van der Waals surface area contributed by atoms with Gasteiger partial charge in [-0.2, -0.15) is 0 Å². The van der Waals surface area contributed by atoms with E-state index in [1.54, 1.807) is 0 Å². The van der Waals surface area contributed by atoms with Crippen LogP contribution in [-0.4, -0.2) is 13.2 Å². The van der Waals surface area contributed by atoms with Crippen LogP contribution >= 0.6 is 24.0 Å². The van der Waals surface area contributed by atoms with Gasteiger partial charge in [-0.05, 0) is 40.9 Å². The maximum absolute atomic E-state index is 5.84. The summed E-state index contributed by atoms with van der Waals surface area (Å²) in [5, 5.41) is 0. The number of ether oxygens (including phenoxy) is 2. The molecule has 2 heterocycles. The fourth-order valence-corrected chi connectivity index (χ4v) is 5.64. The largest absolute Gasteiger partial charge is 0.485 e. The van der Waals surface area contributed by atoms with Crippen molar-refractivity contribution in [3.05, 3.63) is 39.6 Å². The minimum Gasteiger partial charge on any atom is -0.485 e. The number of benzene rings is 1. The Labute approximate surface area is 219 Å². The Balaban J connectivity index is 0.000000240. The van der Waals surface area contributed by atoms with Crippen LogP contribution in [0.15, 0.2) is 29.2 Å². The molecule has 0 amide bonds. The van der Waals surface area contributed by atoms with Crippen LogP contribution in [0.25, 0.3) is 0 Å². The summed E-state index contributed by atoms with van der Waals surface area (Å²) in [6.45, 7) is 28.6. The van der Waals surface area contributed by atoms with Gasteiger partial charge in [-0.3, -0.25) is 0 Å². The van der Waals surface area contributed by atoms with Gasteiger partial charge in [0.05, 0.1) is 9.75 Å². The van der Waals surface area contributed by atoms with Crippen molar-refractivity contribution in [3.8, 4) is 11.5 Å². The van der Waals surface area contributed by atoms with Crippen molar-refractivity contribution >= 4 is 24.0 Å². The molecule has 0 fully saturated rings. The molecule has 0 bridgehead atoms. The van der Waals surface area contributed by atoms with E-state index in [1.165, 1.54) is 21.7 Å². The molecule has 0 spiro atoms. The summed E-state index contributed by atoms with van der Waals surface area (Å²) in [7, 11) is 0. The van der Waals surface area contributed by atoms with Gasteiger partial charge in [0.1, 0.15) is 13.2 Å². The van der Waals surface area contributed by atoms with Gasteiger partial charge in [0.2, 0.25) is 0 Å². The van der Waals surface area contributed by atoms with Crippen molar-refractivity contribution in [3.63, 3.8) is 0 Å². The number of thiophene rings is 1. The third-order valence-electron chi connectivity index (χ3n) is 5.92. The van der Waals surface area contributed by atoms with E-state index in [0.717, 1.165) is 16.4 Å². The Morgan fingerprint density at radius 2 is 1.15 bits per heavy atom. The van der Waals surface area contributed by atoms with E-state index < -0.39 is 0 Å². The summed E-state index contributed by atoms with van der Waals surface area (Å²) in [4.78, 5) is 3.64. The number of fused-ring (bicyclic) bond motifs is 1. The predicted molar refractivity (Wildman–Crippen MR) is 153 cm³/mol. The normalized spacial score (nSPS) is 15.4. The molecule has 0 saturated heterocycles. The highest BCUT2D eigenvalue weighted by Gasteiger charge is 2.34. The van der Waals surface area contributed by atoms with E-state index in [0.29, 0.717) is 30.0 Å². The Hall–Kier alpha value is -1.13. The molecule has 0 N–H and O–H groups in total. The molecular formula is C30H48O2S2. The van der Waals surface area contributed by atoms with E-state index in [2.05, 4.69) is 120 Å². The lowest BCUT2D eigenvalue weighted by atomic mass is 9.69. The van der Waals surface area contributed by atoms with Crippen molar-refractivity contribution in [2.24, 2.45) is 10.8 Å². The van der Waals surface area contributed by atoms with Crippen LogP contribution < -0.4 is 9.47 Å². The summed E-state index contributed by atoms with van der Waals surface area (Å²) in [6.07, 6.45) is 1.21. The van der Waals surface area contributed by atoms with Gasteiger partial charge in [-0.1, -0.05) is 95.2 Å². The van der Waals surface area contributed by atoms with Crippen molar-refractivity contribution in [1.29, 1.82) is 0 Å². The van der Waals surface area contributed by atoms with Crippen LogP contribution in [0.4, 0.5) is 0 Å². The highest BCUT2D eigenvalue weighted by Crippen LogP contribution is 2.52. The molecule has 0 aliphatic carbocycles. The highest BCUT2D eigenvalue weighted by molar-refractivity contribution is 7.80. The molecule has 1 aliphatic rings. The average molecular weight is 505 g/mol. The first-order valence-corrected chi connectivity index (χ1v) is 13.8. The molecule has 1 aromatic heterocycles. The van der Waals surface area contributed by atoms with Gasteiger partial charge in [-0.15, -0.1) is 24.0 Å². The molecule has 1 atom stereocenters. The first-order valence-electron chi connectivity index (χ1n) is 12.5. The number of thiol groups is 1. The molecule has 1 aliphatic heterocycles. The number of hydrogen-bond donors (Lipinski definition) is 1. The minimum atomic E-state index is 0.110. The van der Waals surface area contributed by atoms with Crippen LogP contribution in [-0.2, 0) is 10.8 Å². The number of rotatable bonds is 2. The lowest BCUT2D eigenvalue weighted by Crippen LogP contribution is -2.23. The lowest BCUT2D eigenvalue weighted by Gasteiger charge is -2.36. The van der Waals surface area contributed by atoms with Gasteiger partial charge >= 0.3 is 0 Å². The van der Waals surface area contributed by atoms with E-state index in [9.17, 15) is 0 Å². The fraction of sp³-hybridized carbons (Fsp3) is 0.667. The Morgan fingerprint density at radius 3 is 1.47 bits per heavy atom. The van der Waals surface area contributed by atoms with Crippen LogP contribution in [0, 0.1) is 10.8 Å². The first kappa shape index (κ1) is 29.1. The molecule has 4 heteroatoms. The van der Waals surface area contributed by atoms with Gasteiger partial charge in [0.15, 0.2) is 11.5 Å². The zero-order valence-electron chi connectivity index (χ0n) is 23.7. The SMILES string of the molecule is CC(C)(C)CC(c1ccc(S)cc1)C(C)(C)C.CC(C)(C)c1sc(C(C)(C)C)c2c1OCCO2. The van der Waals surface area contributed by atoms with Crippen molar-refractivity contribution in [2.75, 3.05) is 13.2 Å². The Kier molecular flexibility index (Phi) is 8.96. The molecule has 0 radical (unpaired) electrons. The second-order valence-electron chi connectivity index (χ2n) is 13.9. The van der Waals surface area contributed by atoms with E-state index in [4.69, 9.17) is 9.47 Å². The smallest absolute Gasteiger partial charge is 0.176 e. The average Bonchev–Trinajstić information content (AvgIpc) is 3.06. The van der Waals surface area contributed by atoms with Crippen molar-refractivity contribution < 1.29 is 9.47 Å². The Morgan fingerprint density at radius 1 is 0.735 bits per heavy atom. The molecule has 2 nitrogen and oxygen atoms in total. The monoisotopic (exact) mass is 504 g/mol. The van der Waals surface area contributed by atoms with Crippen molar-refractivity contribution in [1.82, 2.24) is 0 Å². The van der Waals surface area contributed by atoms with Crippen LogP contribution in [0.5, 0.6) is 11.5 Å². The van der Waals surface area contributed by atoms with Gasteiger partial charge in [0.25, 0.3) is 0 Å². The van der Waals surface area contributed by atoms with Crippen LogP contribution in [0.1, 0.15) is 111 Å². The molecule has 0 saturated carbocycles. The maximum Gasteiger partial charge on any atom is 0.176 e. The first-order chi connectivity index (χ1) is 15.3. The quantitative estimate of drug-likeness (QED) is 0.410. The van der Waals surface area contributed by atoms with Gasteiger partial charge in [0, 0.05) is 15.7 Å². The summed E-state index contributed by atoms with van der Waals surface area (Å²) in [5.41, 5.74) is 2.31. The summed E-state index contributed by atoms with van der Waals surface area (Å²) in [6, 6.07) is 8.65. The molecule has 1 unspecified atom stereocenters. The maximum atomic E-state index is 5.84. The number of hydrogen-bond acceptors (Lipinski definition) is 4. The summed E-state index contributed by atoms with van der Waals surface area (Å²) >= 11 is 6.20. The fourth-order valence-electron chi connectivity index (χ4n) is 4.18. The van der Waals surface area contributed by atoms with Gasteiger partial charge < -0.3 is 9.47 Å². The predicted octanol–water partition coefficient (Wildman–Crippen LogP) is 9.66. The van der Waals surface area contributed by atoms with Crippen LogP contribution in [0.3, 0.4) is 0 Å². The molecule has 192 valence electrons. The topological polar surface area (TPSA) is 18.5 Å². The zero-order valence-corrected chi connectivity index (χ0v) is 25.4. The van der Waals surface area contributed by atoms with E-state index in [-0.39, 0.29) is 10.8 Å². The standard InChI is InChI=1S/C16H26S.C14H22O2S/c1-15(2,3)11-14(16(4,5)6)12-7-9-13(17)10-8-12;1-13(2,3)11-9-10(16-8-7-15-9)12(17-11)14(4,5)6/h7-10,14,17H,11H2,1-6H3;7-8H2,1-6H3. The van der Waals surface area contributed by atoms with E-state index >= 15 is 0 Å². The van der Waals surface area contributed by atoms with Crippen molar-refractivity contribution in [2.45, 2.75) is 111 Å². The third-order valence-corrected chi connectivity index (χ3v) is 8.22. The molecule has 34 heavy (non-hydrogen) atoms. The summed E-state index contributed by atoms with van der Waals surface area (Å²) in [5.74, 6) is 2.56. The highest BCUT2D eigenvalue weighted by atomic mass is 32.1. The summed E-state index contributed by atoms with van der Waals surface area (Å²) < 4.78 is 11.7. The van der Waals surface area contributed by atoms with Gasteiger partial charge in [-0.25, -0.2) is 0 Å². The van der Waals surface area contributed by atoms with Crippen LogP contribution in [0.2, 0.25) is 0 Å². The molecule has 3 rings (SSSR count). The molecule has 1 aromatic carbocycles. The third kappa shape index (κ3) is 7.95. The second kappa shape index (κ2) is 10.5. The molecule has 2 aromatic rings. The molecular weight excluding hydrogens is 456 g/mol. The lowest BCUT2D eigenvalue weighted by molar-refractivity contribution is 0.167. The van der Waals surface area contributed by atoms with E-state index in [1.807, 2.05) is 11.3 Å². The second-order valence-corrected chi connectivity index (χ2v) is 15.4.